The van der Waals surface area contributed by atoms with E-state index in [1.54, 1.807) is 24.3 Å². The van der Waals surface area contributed by atoms with Crippen molar-refractivity contribution in [3.63, 3.8) is 0 Å². The van der Waals surface area contributed by atoms with Crippen molar-refractivity contribution in [1.29, 1.82) is 0 Å². The molecule has 0 aliphatic heterocycles. The van der Waals surface area contributed by atoms with Crippen LogP contribution in [0, 0.1) is 0 Å². The van der Waals surface area contributed by atoms with Gasteiger partial charge in [0.2, 0.25) is 5.91 Å². The zero-order valence-electron chi connectivity index (χ0n) is 10.3. The zero-order valence-corrected chi connectivity index (χ0v) is 10.3. The number of carbonyl (C=O) groups is 2. The quantitative estimate of drug-likeness (QED) is 0.803. The number of aromatic amines is 1. The lowest BCUT2D eigenvalue weighted by atomic mass is 10.3. The van der Waals surface area contributed by atoms with Gasteiger partial charge in [0, 0.05) is 7.05 Å². The number of likely N-dealkylation sites (N-methyl/N-ethyl adjacent to an activating group) is 1. The molecular weight excluding hydrogens is 250 g/mol. The number of rotatable bonds is 4. The fraction of sp³-hybridized carbons (Fsp3) is 0.250. The zero-order chi connectivity index (χ0) is 14.0. The third-order valence-electron chi connectivity index (χ3n) is 2.77. The minimum Gasteiger partial charge on any atom is -0.480 e. The molecule has 0 unspecified atom stereocenters. The van der Waals surface area contributed by atoms with E-state index in [1.807, 2.05) is 0 Å². The van der Waals surface area contributed by atoms with Crippen LogP contribution >= 0.6 is 0 Å². The molecule has 19 heavy (non-hydrogen) atoms. The lowest BCUT2D eigenvalue weighted by Crippen LogP contribution is -2.36. The van der Waals surface area contributed by atoms with E-state index in [2.05, 4.69) is 4.98 Å². The van der Waals surface area contributed by atoms with Crippen molar-refractivity contribution in [2.24, 2.45) is 0 Å². The van der Waals surface area contributed by atoms with Crippen molar-refractivity contribution >= 4 is 22.9 Å². The normalized spacial score (nSPS) is 10.6. The molecule has 0 saturated heterocycles. The third-order valence-corrected chi connectivity index (χ3v) is 2.77. The molecule has 0 spiro atoms. The van der Waals surface area contributed by atoms with Gasteiger partial charge in [-0.15, -0.1) is 0 Å². The number of benzene rings is 1. The smallest absolute Gasteiger partial charge is 0.326 e. The highest BCUT2D eigenvalue weighted by atomic mass is 16.4. The van der Waals surface area contributed by atoms with Crippen molar-refractivity contribution < 1.29 is 14.7 Å². The third kappa shape index (κ3) is 2.65. The first-order chi connectivity index (χ1) is 8.99. The van der Waals surface area contributed by atoms with Crippen molar-refractivity contribution in [2.75, 3.05) is 13.6 Å². The minimum atomic E-state index is -1.10. The molecule has 100 valence electrons. The summed E-state index contributed by atoms with van der Waals surface area (Å²) in [5.74, 6) is -1.53. The van der Waals surface area contributed by atoms with Gasteiger partial charge in [0.05, 0.1) is 11.0 Å². The maximum Gasteiger partial charge on any atom is 0.326 e. The molecule has 2 rings (SSSR count). The van der Waals surface area contributed by atoms with Gasteiger partial charge in [0.1, 0.15) is 13.1 Å². The fourth-order valence-electron chi connectivity index (χ4n) is 1.81. The number of aromatic nitrogens is 2. The van der Waals surface area contributed by atoms with Crippen LogP contribution in [-0.2, 0) is 16.1 Å². The molecule has 0 bridgehead atoms. The van der Waals surface area contributed by atoms with Crippen LogP contribution in [0.2, 0.25) is 0 Å². The molecule has 2 aromatic rings. The number of H-pyrrole nitrogens is 1. The number of nitrogens with zero attached hydrogens (tertiary/aromatic N) is 2. The second-order valence-corrected chi connectivity index (χ2v) is 4.18. The Labute approximate surface area is 108 Å². The summed E-state index contributed by atoms with van der Waals surface area (Å²) in [4.78, 5) is 37.8. The first-order valence-corrected chi connectivity index (χ1v) is 5.62. The molecule has 1 heterocycles. The Bertz CT molecular complexity index is 686. The number of amides is 1. The molecular formula is C12H13N3O4. The summed E-state index contributed by atoms with van der Waals surface area (Å²) in [6.45, 7) is -0.581. The largest absolute Gasteiger partial charge is 0.480 e. The van der Waals surface area contributed by atoms with E-state index in [9.17, 15) is 14.4 Å². The lowest BCUT2D eigenvalue weighted by molar-refractivity contribution is -0.143. The number of hydrogen-bond acceptors (Lipinski definition) is 3. The molecule has 7 heteroatoms. The predicted octanol–water partition coefficient (Wildman–Crippen LogP) is -0.127. The number of nitrogens with one attached hydrogen (secondary N) is 1. The average molecular weight is 263 g/mol. The van der Waals surface area contributed by atoms with Crippen LogP contribution in [0.5, 0.6) is 0 Å². The Morgan fingerprint density at radius 1 is 1.37 bits per heavy atom. The number of para-hydroxylation sites is 2. The second-order valence-electron chi connectivity index (χ2n) is 4.18. The molecule has 1 aromatic carbocycles. The number of carbonyl (C=O) groups excluding carboxylic acids is 1. The first kappa shape index (κ1) is 12.9. The van der Waals surface area contributed by atoms with Gasteiger partial charge in [0.15, 0.2) is 0 Å². The van der Waals surface area contributed by atoms with Crippen molar-refractivity contribution in [1.82, 2.24) is 14.5 Å². The van der Waals surface area contributed by atoms with Gasteiger partial charge in [-0.25, -0.2) is 4.79 Å². The van der Waals surface area contributed by atoms with Gasteiger partial charge in [-0.3, -0.25) is 14.2 Å². The van der Waals surface area contributed by atoms with Crippen LogP contribution in [0.25, 0.3) is 11.0 Å². The summed E-state index contributed by atoms with van der Waals surface area (Å²) in [6.07, 6.45) is 0. The topological polar surface area (TPSA) is 95.4 Å². The molecule has 0 saturated carbocycles. The van der Waals surface area contributed by atoms with Crippen LogP contribution in [0.3, 0.4) is 0 Å². The summed E-state index contributed by atoms with van der Waals surface area (Å²) < 4.78 is 1.29. The van der Waals surface area contributed by atoms with E-state index in [1.165, 1.54) is 11.6 Å². The van der Waals surface area contributed by atoms with E-state index >= 15 is 0 Å². The Morgan fingerprint density at radius 2 is 2.05 bits per heavy atom. The number of imidazole rings is 1. The van der Waals surface area contributed by atoms with Crippen LogP contribution < -0.4 is 5.69 Å². The van der Waals surface area contributed by atoms with Gasteiger partial charge < -0.3 is 15.0 Å². The molecule has 0 atom stereocenters. The number of carboxylic acid groups (broad SMARTS) is 1. The van der Waals surface area contributed by atoms with Crippen LogP contribution in [0.4, 0.5) is 0 Å². The standard InChI is InChI=1S/C12H13N3O4/c1-14(7-11(17)18)10(16)6-15-9-5-3-2-4-8(9)13-12(15)19/h2-5H,6-7H2,1H3,(H,13,19)(H,17,18). The van der Waals surface area contributed by atoms with Gasteiger partial charge in [-0.2, -0.15) is 0 Å². The Kier molecular flexibility index (Phi) is 3.37. The maximum absolute atomic E-state index is 11.8. The summed E-state index contributed by atoms with van der Waals surface area (Å²) in [6, 6.07) is 6.99. The van der Waals surface area contributed by atoms with Gasteiger partial charge in [0.25, 0.3) is 0 Å². The molecule has 0 aliphatic carbocycles. The number of fused-ring (bicyclic) bond motifs is 1. The second kappa shape index (κ2) is 4.97. The van der Waals surface area contributed by atoms with Crippen LogP contribution in [-0.4, -0.2) is 45.0 Å². The molecule has 7 nitrogen and oxygen atoms in total. The summed E-state index contributed by atoms with van der Waals surface area (Å²) >= 11 is 0. The molecule has 0 fully saturated rings. The first-order valence-electron chi connectivity index (χ1n) is 5.62. The molecule has 0 radical (unpaired) electrons. The van der Waals surface area contributed by atoms with E-state index in [0.29, 0.717) is 11.0 Å². The highest BCUT2D eigenvalue weighted by molar-refractivity contribution is 5.83. The van der Waals surface area contributed by atoms with Crippen molar-refractivity contribution in [2.45, 2.75) is 6.54 Å². The summed E-state index contributed by atoms with van der Waals surface area (Å²) in [7, 11) is 1.39. The highest BCUT2D eigenvalue weighted by Gasteiger charge is 2.15. The lowest BCUT2D eigenvalue weighted by Gasteiger charge is -2.14. The molecule has 0 aliphatic rings. The van der Waals surface area contributed by atoms with Crippen LogP contribution in [0.15, 0.2) is 29.1 Å². The SMILES string of the molecule is CN(CC(=O)O)C(=O)Cn1c(=O)[nH]c2ccccc21. The maximum atomic E-state index is 11.8. The Balaban J connectivity index is 2.26. The van der Waals surface area contributed by atoms with Gasteiger partial charge in [-0.1, -0.05) is 12.1 Å². The monoisotopic (exact) mass is 263 g/mol. The summed E-state index contributed by atoms with van der Waals surface area (Å²) in [5.41, 5.74) is 0.865. The number of hydrogen-bond donors (Lipinski definition) is 2. The van der Waals surface area contributed by atoms with Gasteiger partial charge in [-0.05, 0) is 12.1 Å². The van der Waals surface area contributed by atoms with Crippen molar-refractivity contribution in [3.8, 4) is 0 Å². The average Bonchev–Trinajstić information content (AvgIpc) is 2.65. The van der Waals surface area contributed by atoms with Crippen LogP contribution in [0.1, 0.15) is 0 Å². The molecule has 2 N–H and O–H groups in total. The van der Waals surface area contributed by atoms with E-state index in [-0.39, 0.29) is 6.54 Å². The van der Waals surface area contributed by atoms with E-state index in [4.69, 9.17) is 5.11 Å². The highest BCUT2D eigenvalue weighted by Crippen LogP contribution is 2.08. The number of aliphatic carboxylic acids is 1. The predicted molar refractivity (Wildman–Crippen MR) is 67.8 cm³/mol. The molecule has 1 aromatic heterocycles. The molecule has 1 amide bonds. The summed E-state index contributed by atoms with van der Waals surface area (Å²) in [5, 5.41) is 8.62. The number of carboxylic acids is 1. The van der Waals surface area contributed by atoms with E-state index < -0.39 is 24.1 Å². The van der Waals surface area contributed by atoms with E-state index in [0.717, 1.165) is 4.90 Å². The van der Waals surface area contributed by atoms with Crippen molar-refractivity contribution in [3.05, 3.63) is 34.7 Å². The van der Waals surface area contributed by atoms with Gasteiger partial charge >= 0.3 is 11.7 Å². The minimum absolute atomic E-state index is 0.188. The Hall–Kier alpha value is -2.57. The Morgan fingerprint density at radius 3 is 2.74 bits per heavy atom. The fourth-order valence-corrected chi connectivity index (χ4v) is 1.81.